The van der Waals surface area contributed by atoms with Gasteiger partial charge in [-0.2, -0.15) is 0 Å². The molecule has 0 saturated carbocycles. The molecule has 4 heteroatoms. The van der Waals surface area contributed by atoms with Crippen molar-refractivity contribution in [2.75, 3.05) is 13.2 Å². The van der Waals surface area contributed by atoms with Crippen molar-refractivity contribution in [1.29, 1.82) is 0 Å². The van der Waals surface area contributed by atoms with Crippen LogP contribution in [0.25, 0.3) is 0 Å². The number of aliphatic carboxylic acids is 1. The smallest absolute Gasteiger partial charge is 0.324 e. The SMILES string of the molecule is CCNC(COc1ccc(CC)cc1)C(=O)O. The second-order valence-electron chi connectivity index (χ2n) is 3.76. The normalized spacial score (nSPS) is 12.1. The molecular formula is C13H19NO3. The summed E-state index contributed by atoms with van der Waals surface area (Å²) in [6.45, 7) is 4.69. The predicted molar refractivity (Wildman–Crippen MR) is 66.4 cm³/mol. The molecular weight excluding hydrogens is 218 g/mol. The first kappa shape index (κ1) is 13.5. The molecule has 1 atom stereocenters. The van der Waals surface area contributed by atoms with E-state index < -0.39 is 12.0 Å². The van der Waals surface area contributed by atoms with Gasteiger partial charge in [-0.25, -0.2) is 0 Å². The minimum Gasteiger partial charge on any atom is -0.491 e. The summed E-state index contributed by atoms with van der Waals surface area (Å²) in [5, 5.41) is 11.8. The van der Waals surface area contributed by atoms with Crippen molar-refractivity contribution in [3.05, 3.63) is 29.8 Å². The summed E-state index contributed by atoms with van der Waals surface area (Å²) in [5.41, 5.74) is 1.24. The fraction of sp³-hybridized carbons (Fsp3) is 0.462. The molecule has 4 nitrogen and oxygen atoms in total. The predicted octanol–water partition coefficient (Wildman–Crippen LogP) is 1.69. The standard InChI is InChI=1S/C13H19NO3/c1-3-10-5-7-11(8-6-10)17-9-12(13(15)16)14-4-2/h5-8,12,14H,3-4,9H2,1-2H3,(H,15,16). The number of carboxylic acid groups (broad SMARTS) is 1. The molecule has 0 aromatic heterocycles. The number of aryl methyl sites for hydroxylation is 1. The minimum absolute atomic E-state index is 0.134. The van der Waals surface area contributed by atoms with Crippen LogP contribution in [0.15, 0.2) is 24.3 Å². The molecule has 0 aliphatic carbocycles. The molecule has 0 heterocycles. The molecule has 0 radical (unpaired) electrons. The third-order valence-electron chi connectivity index (χ3n) is 2.50. The Morgan fingerprint density at radius 3 is 2.47 bits per heavy atom. The lowest BCUT2D eigenvalue weighted by molar-refractivity contribution is -0.140. The summed E-state index contributed by atoms with van der Waals surface area (Å²) in [6, 6.07) is 7.04. The Labute approximate surface area is 102 Å². The van der Waals surface area contributed by atoms with Gasteiger partial charge in [-0.1, -0.05) is 26.0 Å². The lowest BCUT2D eigenvalue weighted by Crippen LogP contribution is -2.41. The van der Waals surface area contributed by atoms with E-state index in [4.69, 9.17) is 9.84 Å². The summed E-state index contributed by atoms with van der Waals surface area (Å²) in [7, 11) is 0. The van der Waals surface area contributed by atoms with Gasteiger partial charge in [0.25, 0.3) is 0 Å². The number of carboxylic acids is 1. The van der Waals surface area contributed by atoms with E-state index in [0.717, 1.165) is 6.42 Å². The maximum atomic E-state index is 10.9. The van der Waals surface area contributed by atoms with E-state index in [-0.39, 0.29) is 6.61 Å². The van der Waals surface area contributed by atoms with Crippen LogP contribution in [0.3, 0.4) is 0 Å². The lowest BCUT2D eigenvalue weighted by atomic mass is 10.2. The average molecular weight is 237 g/mol. The topological polar surface area (TPSA) is 58.6 Å². The number of nitrogens with one attached hydrogen (secondary N) is 1. The van der Waals surface area contributed by atoms with Crippen molar-refractivity contribution in [2.45, 2.75) is 26.3 Å². The Kier molecular flexibility index (Phi) is 5.49. The van der Waals surface area contributed by atoms with E-state index in [1.165, 1.54) is 5.56 Å². The van der Waals surface area contributed by atoms with Gasteiger partial charge in [0.2, 0.25) is 0 Å². The Morgan fingerprint density at radius 2 is 2.00 bits per heavy atom. The first-order chi connectivity index (χ1) is 8.17. The molecule has 1 aromatic rings. The highest BCUT2D eigenvalue weighted by molar-refractivity contribution is 5.73. The molecule has 2 N–H and O–H groups in total. The largest absolute Gasteiger partial charge is 0.491 e. The number of likely N-dealkylation sites (N-methyl/N-ethyl adjacent to an activating group) is 1. The van der Waals surface area contributed by atoms with Crippen LogP contribution in [0.4, 0.5) is 0 Å². The highest BCUT2D eigenvalue weighted by Crippen LogP contribution is 2.12. The number of rotatable bonds is 7. The van der Waals surface area contributed by atoms with Crippen molar-refractivity contribution in [3.63, 3.8) is 0 Å². The Hall–Kier alpha value is -1.55. The van der Waals surface area contributed by atoms with Gasteiger partial charge in [-0.05, 0) is 30.7 Å². The van der Waals surface area contributed by atoms with Gasteiger partial charge < -0.3 is 15.2 Å². The van der Waals surface area contributed by atoms with Gasteiger partial charge in [-0.3, -0.25) is 4.79 Å². The number of hydrogen-bond acceptors (Lipinski definition) is 3. The molecule has 0 aliphatic rings. The van der Waals surface area contributed by atoms with E-state index >= 15 is 0 Å². The Morgan fingerprint density at radius 1 is 1.35 bits per heavy atom. The fourth-order valence-corrected chi connectivity index (χ4v) is 1.46. The average Bonchev–Trinajstić information content (AvgIpc) is 2.34. The molecule has 1 aromatic carbocycles. The van der Waals surface area contributed by atoms with E-state index in [2.05, 4.69) is 12.2 Å². The van der Waals surface area contributed by atoms with Crippen LogP contribution in [-0.2, 0) is 11.2 Å². The summed E-state index contributed by atoms with van der Waals surface area (Å²) in [5.74, 6) is -0.191. The van der Waals surface area contributed by atoms with Crippen LogP contribution in [0.1, 0.15) is 19.4 Å². The van der Waals surface area contributed by atoms with Crippen LogP contribution >= 0.6 is 0 Å². The number of hydrogen-bond donors (Lipinski definition) is 2. The zero-order valence-electron chi connectivity index (χ0n) is 10.3. The second-order valence-corrected chi connectivity index (χ2v) is 3.76. The minimum atomic E-state index is -0.892. The maximum absolute atomic E-state index is 10.9. The fourth-order valence-electron chi connectivity index (χ4n) is 1.46. The zero-order valence-corrected chi connectivity index (χ0v) is 10.3. The van der Waals surface area contributed by atoms with Gasteiger partial charge in [0, 0.05) is 0 Å². The maximum Gasteiger partial charge on any atom is 0.324 e. The summed E-state index contributed by atoms with van der Waals surface area (Å²) >= 11 is 0. The van der Waals surface area contributed by atoms with Crippen molar-refractivity contribution >= 4 is 5.97 Å². The molecule has 94 valence electrons. The van der Waals surface area contributed by atoms with Crippen molar-refractivity contribution in [2.24, 2.45) is 0 Å². The van der Waals surface area contributed by atoms with Gasteiger partial charge in [0.05, 0.1) is 0 Å². The summed E-state index contributed by atoms with van der Waals surface area (Å²) in [4.78, 5) is 10.9. The summed E-state index contributed by atoms with van der Waals surface area (Å²) in [6.07, 6.45) is 0.982. The lowest BCUT2D eigenvalue weighted by Gasteiger charge is -2.14. The van der Waals surface area contributed by atoms with E-state index in [1.807, 2.05) is 31.2 Å². The van der Waals surface area contributed by atoms with E-state index in [9.17, 15) is 4.79 Å². The monoisotopic (exact) mass is 237 g/mol. The molecule has 0 bridgehead atoms. The molecule has 0 aliphatic heterocycles. The van der Waals surface area contributed by atoms with Gasteiger partial charge >= 0.3 is 5.97 Å². The molecule has 17 heavy (non-hydrogen) atoms. The van der Waals surface area contributed by atoms with Crippen LogP contribution in [0, 0.1) is 0 Å². The molecule has 1 unspecified atom stereocenters. The second kappa shape index (κ2) is 6.91. The van der Waals surface area contributed by atoms with E-state index in [1.54, 1.807) is 0 Å². The molecule has 0 saturated heterocycles. The van der Waals surface area contributed by atoms with Crippen LogP contribution in [-0.4, -0.2) is 30.3 Å². The number of ether oxygens (including phenoxy) is 1. The third kappa shape index (κ3) is 4.44. The zero-order chi connectivity index (χ0) is 12.7. The highest BCUT2D eigenvalue weighted by atomic mass is 16.5. The summed E-state index contributed by atoms with van der Waals surface area (Å²) < 4.78 is 5.44. The van der Waals surface area contributed by atoms with E-state index in [0.29, 0.717) is 12.3 Å². The quantitative estimate of drug-likeness (QED) is 0.757. The van der Waals surface area contributed by atoms with Gasteiger partial charge in [0.15, 0.2) is 0 Å². The number of carbonyl (C=O) groups is 1. The van der Waals surface area contributed by atoms with Gasteiger partial charge in [0.1, 0.15) is 18.4 Å². The molecule has 0 amide bonds. The van der Waals surface area contributed by atoms with Crippen LogP contribution < -0.4 is 10.1 Å². The van der Waals surface area contributed by atoms with Gasteiger partial charge in [-0.15, -0.1) is 0 Å². The molecule has 1 rings (SSSR count). The highest BCUT2D eigenvalue weighted by Gasteiger charge is 2.16. The van der Waals surface area contributed by atoms with Crippen LogP contribution in [0.2, 0.25) is 0 Å². The van der Waals surface area contributed by atoms with Crippen molar-refractivity contribution in [3.8, 4) is 5.75 Å². The first-order valence-corrected chi connectivity index (χ1v) is 5.85. The molecule has 0 fully saturated rings. The van der Waals surface area contributed by atoms with Crippen molar-refractivity contribution in [1.82, 2.24) is 5.32 Å². The Balaban J connectivity index is 2.50. The van der Waals surface area contributed by atoms with Crippen LogP contribution in [0.5, 0.6) is 5.75 Å². The first-order valence-electron chi connectivity index (χ1n) is 5.85. The Bertz CT molecular complexity index is 348. The number of benzene rings is 1. The van der Waals surface area contributed by atoms with Crippen molar-refractivity contribution < 1.29 is 14.6 Å². The third-order valence-corrected chi connectivity index (χ3v) is 2.50. The molecule has 0 spiro atoms.